The lowest BCUT2D eigenvalue weighted by atomic mass is 10.2. The van der Waals surface area contributed by atoms with E-state index in [1.807, 2.05) is 0 Å². The molecule has 1 aliphatic rings. The Labute approximate surface area is 64.5 Å². The topological polar surface area (TPSA) is 52.6 Å². The first-order valence-electron chi connectivity index (χ1n) is 3.35. The van der Waals surface area contributed by atoms with Gasteiger partial charge in [0.05, 0.1) is 0 Å². The summed E-state index contributed by atoms with van der Waals surface area (Å²) < 4.78 is 10.2. The number of hydrogen-bond donors (Lipinski definition) is 0. The van der Waals surface area contributed by atoms with E-state index in [0.29, 0.717) is 12.6 Å². The van der Waals surface area contributed by atoms with Crippen molar-refractivity contribution in [3.63, 3.8) is 0 Å². The number of carbonyl (C=O) groups excluding carboxylic acids is 2. The summed E-state index contributed by atoms with van der Waals surface area (Å²) in [5, 5.41) is 0. The second-order valence-electron chi connectivity index (χ2n) is 2.84. The average Bonchev–Trinajstić information content (AvgIpc) is 2.25. The molecule has 0 saturated carbocycles. The summed E-state index contributed by atoms with van der Waals surface area (Å²) in [4.78, 5) is 20.6. The van der Waals surface area contributed by atoms with Gasteiger partial charge in [-0.25, -0.2) is 0 Å². The molecule has 2 atom stereocenters. The van der Waals surface area contributed by atoms with Crippen LogP contribution in [0.4, 0.5) is 0 Å². The van der Waals surface area contributed by atoms with E-state index in [0.717, 1.165) is 0 Å². The summed E-state index contributed by atoms with van der Waals surface area (Å²) in [7, 11) is 0. The monoisotopic (exact) mass is 158 g/mol. The molecule has 4 nitrogen and oxygen atoms in total. The maximum absolute atomic E-state index is 10.3. The standard InChI is InChI=1S/C7H10O4/c1-7(2)10-5(3-8)6(4-9)11-7/h3-6H,1-2H3/t5-,6-/m0/s1. The van der Waals surface area contributed by atoms with Crippen LogP contribution in [0.25, 0.3) is 0 Å². The normalized spacial score (nSPS) is 35.1. The molecule has 1 rings (SSSR count). The van der Waals surface area contributed by atoms with Gasteiger partial charge in [-0.15, -0.1) is 0 Å². The maximum atomic E-state index is 10.3. The Hall–Kier alpha value is -0.740. The molecule has 0 spiro atoms. The molecule has 0 aromatic heterocycles. The molecule has 0 amide bonds. The van der Waals surface area contributed by atoms with E-state index in [9.17, 15) is 9.59 Å². The highest BCUT2D eigenvalue weighted by molar-refractivity contribution is 5.69. The van der Waals surface area contributed by atoms with Crippen LogP contribution in [0.2, 0.25) is 0 Å². The van der Waals surface area contributed by atoms with Gasteiger partial charge in [-0.1, -0.05) is 0 Å². The molecule has 0 N–H and O–H groups in total. The SMILES string of the molecule is CC1(C)O[C@@H](C=O)[C@H](C=O)O1. The molecule has 1 saturated heterocycles. The van der Waals surface area contributed by atoms with E-state index < -0.39 is 18.0 Å². The summed E-state index contributed by atoms with van der Waals surface area (Å²) in [5.74, 6) is -0.822. The lowest BCUT2D eigenvalue weighted by Crippen LogP contribution is -2.24. The first kappa shape index (κ1) is 8.36. The minimum absolute atomic E-state index is 0.577. The van der Waals surface area contributed by atoms with Crippen molar-refractivity contribution in [3.8, 4) is 0 Å². The quantitative estimate of drug-likeness (QED) is 0.527. The summed E-state index contributed by atoms with van der Waals surface area (Å²) in [6.45, 7) is 3.32. The maximum Gasteiger partial charge on any atom is 0.164 e. The Kier molecular flexibility index (Phi) is 2.06. The van der Waals surface area contributed by atoms with Gasteiger partial charge in [0.15, 0.2) is 18.4 Å². The summed E-state index contributed by atoms with van der Waals surface area (Å²) in [5.41, 5.74) is 0. The Morgan fingerprint density at radius 2 is 1.45 bits per heavy atom. The molecule has 0 aromatic rings. The summed E-state index contributed by atoms with van der Waals surface area (Å²) >= 11 is 0. The molecule has 0 radical (unpaired) electrons. The highest BCUT2D eigenvalue weighted by Gasteiger charge is 2.40. The predicted octanol–water partition coefficient (Wildman–Crippen LogP) is -0.0957. The van der Waals surface area contributed by atoms with Crippen molar-refractivity contribution in [1.29, 1.82) is 0 Å². The van der Waals surface area contributed by atoms with Crippen LogP contribution in [-0.2, 0) is 19.1 Å². The Morgan fingerprint density at radius 1 is 1.09 bits per heavy atom. The van der Waals surface area contributed by atoms with Gasteiger partial charge in [0.25, 0.3) is 0 Å². The third kappa shape index (κ3) is 1.64. The van der Waals surface area contributed by atoms with E-state index >= 15 is 0 Å². The molecule has 62 valence electrons. The number of rotatable bonds is 2. The van der Waals surface area contributed by atoms with Crippen LogP contribution < -0.4 is 0 Å². The number of ether oxygens (including phenoxy) is 2. The van der Waals surface area contributed by atoms with E-state index in [4.69, 9.17) is 9.47 Å². The lowest BCUT2D eigenvalue weighted by molar-refractivity contribution is -0.152. The van der Waals surface area contributed by atoms with Gasteiger partial charge in [0.2, 0.25) is 0 Å². The molecule has 0 aliphatic carbocycles. The van der Waals surface area contributed by atoms with Crippen molar-refractivity contribution in [3.05, 3.63) is 0 Å². The molecule has 1 aliphatic heterocycles. The zero-order valence-electron chi connectivity index (χ0n) is 6.44. The van der Waals surface area contributed by atoms with E-state index in [1.165, 1.54) is 0 Å². The molecule has 0 aromatic carbocycles. The highest BCUT2D eigenvalue weighted by atomic mass is 16.8. The van der Waals surface area contributed by atoms with Gasteiger partial charge >= 0.3 is 0 Å². The van der Waals surface area contributed by atoms with Gasteiger partial charge in [-0.2, -0.15) is 0 Å². The zero-order chi connectivity index (χ0) is 8.48. The lowest BCUT2D eigenvalue weighted by Gasteiger charge is -2.15. The van der Waals surface area contributed by atoms with E-state index in [1.54, 1.807) is 13.8 Å². The van der Waals surface area contributed by atoms with Crippen molar-refractivity contribution >= 4 is 12.6 Å². The number of aldehydes is 2. The summed E-state index contributed by atoms with van der Waals surface area (Å²) in [6.07, 6.45) is -0.341. The van der Waals surface area contributed by atoms with Gasteiger partial charge in [-0.05, 0) is 13.8 Å². The van der Waals surface area contributed by atoms with Crippen LogP contribution in [0.5, 0.6) is 0 Å². The number of hydrogen-bond acceptors (Lipinski definition) is 4. The smallest absolute Gasteiger partial charge is 0.164 e. The van der Waals surface area contributed by atoms with Crippen molar-refractivity contribution in [2.24, 2.45) is 0 Å². The molecule has 1 fully saturated rings. The van der Waals surface area contributed by atoms with Gasteiger partial charge in [0.1, 0.15) is 12.2 Å². The average molecular weight is 158 g/mol. The van der Waals surface area contributed by atoms with Gasteiger partial charge in [-0.3, -0.25) is 0 Å². The van der Waals surface area contributed by atoms with Crippen molar-refractivity contribution in [1.82, 2.24) is 0 Å². The molecule has 0 unspecified atom stereocenters. The minimum Gasteiger partial charge on any atom is -0.337 e. The Bertz CT molecular complexity index is 157. The van der Waals surface area contributed by atoms with Gasteiger partial charge in [0, 0.05) is 0 Å². The van der Waals surface area contributed by atoms with Crippen LogP contribution in [0, 0.1) is 0 Å². The van der Waals surface area contributed by atoms with E-state index in [2.05, 4.69) is 0 Å². The van der Waals surface area contributed by atoms with Crippen LogP contribution >= 0.6 is 0 Å². The second kappa shape index (κ2) is 2.71. The largest absolute Gasteiger partial charge is 0.337 e. The molecular formula is C7H10O4. The fourth-order valence-corrected chi connectivity index (χ4v) is 1.03. The van der Waals surface area contributed by atoms with Crippen molar-refractivity contribution < 1.29 is 19.1 Å². The van der Waals surface area contributed by atoms with Crippen molar-refractivity contribution in [2.45, 2.75) is 31.8 Å². The third-order valence-corrected chi connectivity index (χ3v) is 1.43. The second-order valence-corrected chi connectivity index (χ2v) is 2.84. The van der Waals surface area contributed by atoms with Gasteiger partial charge < -0.3 is 19.1 Å². The summed E-state index contributed by atoms with van der Waals surface area (Å²) in [6, 6.07) is 0. The molecular weight excluding hydrogens is 148 g/mol. The van der Waals surface area contributed by atoms with Crippen LogP contribution in [0.15, 0.2) is 0 Å². The van der Waals surface area contributed by atoms with E-state index in [-0.39, 0.29) is 0 Å². The minimum atomic E-state index is -0.822. The number of carbonyl (C=O) groups is 2. The highest BCUT2D eigenvalue weighted by Crippen LogP contribution is 2.25. The molecule has 0 bridgehead atoms. The molecule has 4 heteroatoms. The van der Waals surface area contributed by atoms with Crippen LogP contribution in [0.3, 0.4) is 0 Å². The first-order chi connectivity index (χ1) is 5.09. The van der Waals surface area contributed by atoms with Crippen LogP contribution in [-0.4, -0.2) is 30.6 Å². The van der Waals surface area contributed by atoms with Crippen LogP contribution in [0.1, 0.15) is 13.8 Å². The molecule has 1 heterocycles. The Morgan fingerprint density at radius 3 is 1.73 bits per heavy atom. The zero-order valence-corrected chi connectivity index (χ0v) is 6.44. The Balaban J connectivity index is 2.69. The predicted molar refractivity (Wildman–Crippen MR) is 36.0 cm³/mol. The first-order valence-corrected chi connectivity index (χ1v) is 3.35. The molecule has 11 heavy (non-hydrogen) atoms. The fraction of sp³-hybridized carbons (Fsp3) is 0.714. The third-order valence-electron chi connectivity index (χ3n) is 1.43. The fourth-order valence-electron chi connectivity index (χ4n) is 1.03. The van der Waals surface area contributed by atoms with Crippen molar-refractivity contribution in [2.75, 3.05) is 0 Å².